The summed E-state index contributed by atoms with van der Waals surface area (Å²) in [4.78, 5) is 22.5. The zero-order valence-electron chi connectivity index (χ0n) is 16.0. The number of nitrogens with one attached hydrogen (secondary N) is 2. The van der Waals surface area contributed by atoms with Crippen LogP contribution in [0.1, 0.15) is 70.2 Å². The molecule has 0 aromatic heterocycles. The summed E-state index contributed by atoms with van der Waals surface area (Å²) in [6.45, 7) is 8.35. The van der Waals surface area contributed by atoms with Crippen molar-refractivity contribution in [1.29, 1.82) is 0 Å². The first-order valence-electron chi connectivity index (χ1n) is 7.64. The quantitative estimate of drug-likeness (QED) is 0.531. The number of ether oxygens (including phenoxy) is 1. The minimum atomic E-state index is -0.256. The van der Waals surface area contributed by atoms with Crippen LogP contribution >= 0.6 is 0 Å². The Bertz CT molecular complexity index is 251. The first kappa shape index (κ1) is 50.0. The van der Waals surface area contributed by atoms with E-state index in [1.54, 1.807) is 28.1 Å². The second-order valence-corrected chi connectivity index (χ2v) is 4.56. The van der Waals surface area contributed by atoms with Gasteiger partial charge < -0.3 is 30.5 Å². The summed E-state index contributed by atoms with van der Waals surface area (Å²) in [6.07, 6.45) is 1.74. The van der Waals surface area contributed by atoms with E-state index in [0.717, 1.165) is 20.0 Å². The van der Waals surface area contributed by atoms with E-state index < -0.39 is 0 Å². The number of carbonyl (C=O) groups excluding carboxylic acids is 2. The second kappa shape index (κ2) is 44.2. The van der Waals surface area contributed by atoms with Gasteiger partial charge in [0.15, 0.2) is 0 Å². The minimum Gasteiger partial charge on any atom is -0.449 e. The largest absolute Gasteiger partial charge is 0.449 e. The van der Waals surface area contributed by atoms with E-state index in [1.807, 2.05) is 13.8 Å². The molecule has 0 spiro atoms. The topological polar surface area (TPSA) is 111 Å². The second-order valence-electron chi connectivity index (χ2n) is 4.56. The van der Waals surface area contributed by atoms with Crippen LogP contribution in [0, 0.1) is 0 Å². The van der Waals surface area contributed by atoms with Gasteiger partial charge in [0.25, 0.3) is 0 Å². The monoisotopic (exact) mass is 403 g/mol. The van der Waals surface area contributed by atoms with E-state index in [0.29, 0.717) is 6.61 Å². The SMILES string of the molecule is C.C.C.C.CCCCOC(=O)N(C)C.CCO.CNC(=O)NC(C)C.CO. The van der Waals surface area contributed by atoms with Gasteiger partial charge in [-0.3, -0.25) is 0 Å². The Morgan fingerprint density at radius 2 is 1.41 bits per heavy atom. The predicted octanol–water partition coefficient (Wildman–Crippen LogP) is 3.96. The van der Waals surface area contributed by atoms with Crippen molar-refractivity contribution in [3.05, 3.63) is 0 Å². The lowest BCUT2D eigenvalue weighted by molar-refractivity contribution is 0.117. The fourth-order valence-corrected chi connectivity index (χ4v) is 0.767. The summed E-state index contributed by atoms with van der Waals surface area (Å²) in [5.41, 5.74) is 0. The Labute approximate surface area is 170 Å². The van der Waals surface area contributed by atoms with Crippen LogP contribution in [0.4, 0.5) is 9.59 Å². The number of carbonyl (C=O) groups is 2. The molecule has 27 heavy (non-hydrogen) atoms. The van der Waals surface area contributed by atoms with Crippen molar-refractivity contribution in [2.45, 2.75) is 76.3 Å². The number of amides is 3. The molecule has 0 bridgehead atoms. The third-order valence-corrected chi connectivity index (χ3v) is 1.74. The van der Waals surface area contributed by atoms with Gasteiger partial charge in [-0.15, -0.1) is 0 Å². The summed E-state index contributed by atoms with van der Waals surface area (Å²) in [5.74, 6) is 0. The van der Waals surface area contributed by atoms with Gasteiger partial charge in [0.05, 0.1) is 6.61 Å². The smallest absolute Gasteiger partial charge is 0.409 e. The number of nitrogens with zero attached hydrogens (tertiary/aromatic N) is 1. The van der Waals surface area contributed by atoms with Crippen molar-refractivity contribution in [3.8, 4) is 0 Å². The van der Waals surface area contributed by atoms with Gasteiger partial charge in [-0.1, -0.05) is 43.1 Å². The molecule has 0 saturated heterocycles. The Morgan fingerprint density at radius 3 is 1.59 bits per heavy atom. The maximum atomic E-state index is 10.7. The van der Waals surface area contributed by atoms with Gasteiger partial charge in [-0.05, 0) is 27.2 Å². The number of aliphatic hydroxyl groups is 2. The van der Waals surface area contributed by atoms with Gasteiger partial charge >= 0.3 is 12.1 Å². The Balaban J connectivity index is -0.0000000323. The molecule has 174 valence electrons. The van der Waals surface area contributed by atoms with Crippen LogP contribution in [-0.2, 0) is 4.74 Å². The molecular formula is C19H53N3O5. The highest BCUT2D eigenvalue weighted by molar-refractivity contribution is 5.73. The lowest BCUT2D eigenvalue weighted by Crippen LogP contribution is -2.37. The van der Waals surface area contributed by atoms with E-state index >= 15 is 0 Å². The van der Waals surface area contributed by atoms with Gasteiger partial charge in [0.2, 0.25) is 0 Å². The van der Waals surface area contributed by atoms with Crippen LogP contribution < -0.4 is 10.6 Å². The molecule has 0 atom stereocenters. The van der Waals surface area contributed by atoms with Gasteiger partial charge in [0, 0.05) is 40.9 Å². The lowest BCUT2D eigenvalue weighted by Gasteiger charge is -2.09. The van der Waals surface area contributed by atoms with E-state index in [-0.39, 0.29) is 54.5 Å². The van der Waals surface area contributed by atoms with Crippen LogP contribution in [0.15, 0.2) is 0 Å². The highest BCUT2D eigenvalue weighted by Gasteiger charge is 2.01. The maximum absolute atomic E-state index is 10.7. The number of urea groups is 1. The van der Waals surface area contributed by atoms with Crippen molar-refractivity contribution in [3.63, 3.8) is 0 Å². The molecule has 0 aromatic carbocycles. The number of hydrogen-bond donors (Lipinski definition) is 4. The van der Waals surface area contributed by atoms with Gasteiger partial charge in [-0.25, -0.2) is 9.59 Å². The molecule has 0 unspecified atom stereocenters. The van der Waals surface area contributed by atoms with Crippen molar-refractivity contribution in [2.75, 3.05) is 41.5 Å². The number of rotatable bonds is 4. The standard InChI is InChI=1S/C7H15NO2.C5H12N2O.C2H6O.CH4O.4CH4/c1-4-5-6-10-7(9)8(2)3;1-4(2)7-5(8)6-3;1-2-3;1-2;;;;/h4-6H2,1-3H3;4H,1-3H3,(H2,6,7,8);3H,2H2,1H3;2H,1H3;4*1H4. The molecule has 8 nitrogen and oxygen atoms in total. The lowest BCUT2D eigenvalue weighted by atomic mass is 10.4. The van der Waals surface area contributed by atoms with Crippen molar-refractivity contribution in [1.82, 2.24) is 15.5 Å². The van der Waals surface area contributed by atoms with E-state index in [9.17, 15) is 9.59 Å². The Kier molecular flexibility index (Phi) is 81.7. The van der Waals surface area contributed by atoms with Gasteiger partial charge in [0.1, 0.15) is 0 Å². The van der Waals surface area contributed by atoms with Crippen LogP contribution in [-0.4, -0.2) is 74.7 Å². The summed E-state index contributed by atoms with van der Waals surface area (Å²) >= 11 is 0. The first-order chi connectivity index (χ1) is 10.8. The van der Waals surface area contributed by atoms with Crippen LogP contribution in [0.3, 0.4) is 0 Å². The fraction of sp³-hybridized carbons (Fsp3) is 0.895. The summed E-state index contributed by atoms with van der Waals surface area (Å²) in [7, 11) is 5.94. The number of aliphatic hydroxyl groups excluding tert-OH is 2. The molecule has 3 amide bonds. The third-order valence-electron chi connectivity index (χ3n) is 1.74. The zero-order valence-corrected chi connectivity index (χ0v) is 16.0. The molecule has 0 rings (SSSR count). The van der Waals surface area contributed by atoms with Crippen LogP contribution in [0.25, 0.3) is 0 Å². The molecule has 0 saturated carbocycles. The normalized spacial score (nSPS) is 6.93. The molecule has 4 N–H and O–H groups in total. The fourth-order valence-electron chi connectivity index (χ4n) is 0.767. The zero-order chi connectivity index (χ0) is 19.3. The third kappa shape index (κ3) is 68.1. The number of hydrogen-bond acceptors (Lipinski definition) is 5. The predicted molar refractivity (Wildman–Crippen MR) is 120 cm³/mol. The van der Waals surface area contributed by atoms with Crippen LogP contribution in [0.2, 0.25) is 0 Å². The average Bonchev–Trinajstić information content (AvgIpc) is 2.50. The molecule has 8 heteroatoms. The highest BCUT2D eigenvalue weighted by atomic mass is 16.6. The van der Waals surface area contributed by atoms with Crippen molar-refractivity contribution in [2.24, 2.45) is 0 Å². The first-order valence-corrected chi connectivity index (χ1v) is 7.64. The summed E-state index contributed by atoms with van der Waals surface area (Å²) in [5, 5.41) is 19.7. The van der Waals surface area contributed by atoms with E-state index in [4.69, 9.17) is 14.9 Å². The molecular weight excluding hydrogens is 350 g/mol. The van der Waals surface area contributed by atoms with E-state index in [2.05, 4.69) is 17.6 Å². The molecule has 0 fully saturated rings. The molecule has 0 aromatic rings. The number of unbranched alkanes of at least 4 members (excludes halogenated alkanes) is 1. The van der Waals surface area contributed by atoms with Crippen LogP contribution in [0.5, 0.6) is 0 Å². The molecule has 0 aliphatic carbocycles. The summed E-state index contributed by atoms with van der Waals surface area (Å²) < 4.78 is 4.83. The molecule has 0 radical (unpaired) electrons. The average molecular weight is 404 g/mol. The maximum Gasteiger partial charge on any atom is 0.409 e. The molecule has 0 heterocycles. The minimum absolute atomic E-state index is 0. The molecule has 0 aliphatic rings. The van der Waals surface area contributed by atoms with E-state index in [1.165, 1.54) is 4.90 Å². The Morgan fingerprint density at radius 1 is 1.04 bits per heavy atom. The van der Waals surface area contributed by atoms with Gasteiger partial charge in [-0.2, -0.15) is 0 Å². The van der Waals surface area contributed by atoms with Crippen molar-refractivity contribution >= 4 is 12.1 Å². The highest BCUT2D eigenvalue weighted by Crippen LogP contribution is 1.90. The molecule has 0 aliphatic heterocycles. The summed E-state index contributed by atoms with van der Waals surface area (Å²) in [6, 6.07) is 0.0925. The Hall–Kier alpha value is -1.54. The van der Waals surface area contributed by atoms with Crippen molar-refractivity contribution < 1.29 is 24.5 Å².